The lowest BCUT2D eigenvalue weighted by atomic mass is 10.0. The molecule has 1 N–H and O–H groups in total. The monoisotopic (exact) mass is 354 g/mol. The van der Waals surface area contributed by atoms with E-state index in [0.717, 1.165) is 29.1 Å². The van der Waals surface area contributed by atoms with Crippen molar-refractivity contribution in [1.82, 2.24) is 5.32 Å². The van der Waals surface area contributed by atoms with Crippen LogP contribution in [0, 0.1) is 6.92 Å². The molecule has 4 nitrogen and oxygen atoms in total. The molecule has 0 saturated heterocycles. The van der Waals surface area contributed by atoms with Crippen LogP contribution in [-0.2, 0) is 4.79 Å². The molecule has 2 aromatic rings. The van der Waals surface area contributed by atoms with Crippen LogP contribution in [0.4, 0.5) is 5.69 Å². The summed E-state index contributed by atoms with van der Waals surface area (Å²) < 4.78 is 5.97. The van der Waals surface area contributed by atoms with Gasteiger partial charge in [-0.05, 0) is 49.1 Å². The molecule has 0 heterocycles. The SMILES string of the molecule is Cc1ccc(C(C)C)c(OC(C)C(=O)NCCN(C)c2ccccc2)c1. The van der Waals surface area contributed by atoms with Crippen molar-refractivity contribution in [3.63, 3.8) is 0 Å². The number of carbonyl (C=O) groups excluding carboxylic acids is 1. The smallest absolute Gasteiger partial charge is 0.260 e. The molecule has 4 heteroatoms. The Hall–Kier alpha value is -2.49. The minimum absolute atomic E-state index is 0.0947. The van der Waals surface area contributed by atoms with E-state index in [1.807, 2.05) is 38.2 Å². The molecular weight excluding hydrogens is 324 g/mol. The standard InChI is InChI=1S/C22H30N2O2/c1-16(2)20-12-11-17(3)15-21(20)26-18(4)22(25)23-13-14-24(5)19-9-7-6-8-10-19/h6-12,15-16,18H,13-14H2,1-5H3,(H,23,25). The maximum Gasteiger partial charge on any atom is 0.260 e. The Morgan fingerprint density at radius 3 is 2.46 bits per heavy atom. The van der Waals surface area contributed by atoms with Gasteiger partial charge in [0.15, 0.2) is 6.10 Å². The summed E-state index contributed by atoms with van der Waals surface area (Å²) in [5.41, 5.74) is 3.38. The Morgan fingerprint density at radius 2 is 1.81 bits per heavy atom. The number of amides is 1. The van der Waals surface area contributed by atoms with E-state index in [1.54, 1.807) is 6.92 Å². The fourth-order valence-electron chi connectivity index (χ4n) is 2.77. The largest absolute Gasteiger partial charge is 0.481 e. The molecule has 26 heavy (non-hydrogen) atoms. The average molecular weight is 354 g/mol. The summed E-state index contributed by atoms with van der Waals surface area (Å²) in [5, 5.41) is 2.96. The van der Waals surface area contributed by atoms with Crippen molar-refractivity contribution in [3.8, 4) is 5.75 Å². The van der Waals surface area contributed by atoms with Crippen molar-refractivity contribution in [2.45, 2.75) is 39.7 Å². The van der Waals surface area contributed by atoms with Crippen molar-refractivity contribution >= 4 is 11.6 Å². The highest BCUT2D eigenvalue weighted by atomic mass is 16.5. The van der Waals surface area contributed by atoms with Crippen molar-refractivity contribution in [2.24, 2.45) is 0 Å². The molecule has 0 saturated carbocycles. The van der Waals surface area contributed by atoms with Gasteiger partial charge in [-0.1, -0.05) is 44.2 Å². The van der Waals surface area contributed by atoms with Gasteiger partial charge in [-0.15, -0.1) is 0 Å². The van der Waals surface area contributed by atoms with E-state index < -0.39 is 6.10 Å². The third-order valence-corrected chi connectivity index (χ3v) is 4.41. The summed E-state index contributed by atoms with van der Waals surface area (Å²) in [6.45, 7) is 9.39. The average Bonchev–Trinajstić information content (AvgIpc) is 2.62. The molecule has 1 atom stereocenters. The van der Waals surface area contributed by atoms with Crippen LogP contribution in [-0.4, -0.2) is 32.1 Å². The van der Waals surface area contributed by atoms with Gasteiger partial charge in [0.1, 0.15) is 5.75 Å². The number of nitrogens with one attached hydrogen (secondary N) is 1. The zero-order valence-electron chi connectivity index (χ0n) is 16.5. The van der Waals surface area contributed by atoms with Crippen LogP contribution in [0.2, 0.25) is 0 Å². The van der Waals surface area contributed by atoms with Crippen molar-refractivity contribution < 1.29 is 9.53 Å². The number of rotatable bonds is 8. The molecule has 0 aliphatic carbocycles. The molecule has 0 bridgehead atoms. The normalized spacial score (nSPS) is 11.9. The number of para-hydroxylation sites is 1. The first-order valence-electron chi connectivity index (χ1n) is 9.19. The van der Waals surface area contributed by atoms with Crippen LogP contribution < -0.4 is 15.0 Å². The predicted molar refractivity (Wildman–Crippen MR) is 108 cm³/mol. The van der Waals surface area contributed by atoms with Crippen LogP contribution in [0.5, 0.6) is 5.75 Å². The summed E-state index contributed by atoms with van der Waals surface area (Å²) in [4.78, 5) is 14.5. The molecule has 0 aliphatic heterocycles. The first-order chi connectivity index (χ1) is 12.4. The van der Waals surface area contributed by atoms with Gasteiger partial charge in [-0.25, -0.2) is 0 Å². The van der Waals surface area contributed by atoms with Gasteiger partial charge >= 0.3 is 0 Å². The van der Waals surface area contributed by atoms with E-state index in [1.165, 1.54) is 0 Å². The number of anilines is 1. The lowest BCUT2D eigenvalue weighted by Crippen LogP contribution is -2.40. The van der Waals surface area contributed by atoms with E-state index in [0.29, 0.717) is 12.5 Å². The van der Waals surface area contributed by atoms with Crippen molar-refractivity contribution in [2.75, 3.05) is 25.0 Å². The summed E-state index contributed by atoms with van der Waals surface area (Å²) in [7, 11) is 2.02. The molecule has 2 rings (SSSR count). The number of hydrogen-bond acceptors (Lipinski definition) is 3. The summed E-state index contributed by atoms with van der Waals surface area (Å²) >= 11 is 0. The van der Waals surface area contributed by atoms with Crippen molar-refractivity contribution in [3.05, 3.63) is 59.7 Å². The van der Waals surface area contributed by atoms with Gasteiger partial charge < -0.3 is 15.0 Å². The molecule has 1 amide bonds. The van der Waals surface area contributed by atoms with Gasteiger partial charge in [0.2, 0.25) is 0 Å². The van der Waals surface area contributed by atoms with E-state index >= 15 is 0 Å². The second-order valence-electron chi connectivity index (χ2n) is 7.00. The van der Waals surface area contributed by atoms with Crippen molar-refractivity contribution in [1.29, 1.82) is 0 Å². The second-order valence-corrected chi connectivity index (χ2v) is 7.00. The fraction of sp³-hybridized carbons (Fsp3) is 0.409. The van der Waals surface area contributed by atoms with Gasteiger partial charge in [0.25, 0.3) is 5.91 Å². The number of aryl methyl sites for hydroxylation is 1. The lowest BCUT2D eigenvalue weighted by molar-refractivity contribution is -0.127. The third kappa shape index (κ3) is 5.51. The molecule has 0 radical (unpaired) electrons. The molecule has 0 aliphatic rings. The molecule has 0 aromatic heterocycles. The second kappa shape index (κ2) is 9.27. The van der Waals surface area contributed by atoms with Gasteiger partial charge in [0, 0.05) is 25.8 Å². The summed E-state index contributed by atoms with van der Waals surface area (Å²) in [5.74, 6) is 1.05. The Morgan fingerprint density at radius 1 is 1.12 bits per heavy atom. The molecule has 1 unspecified atom stereocenters. The van der Waals surface area contributed by atoms with Crippen LogP contribution in [0.3, 0.4) is 0 Å². The minimum Gasteiger partial charge on any atom is -0.481 e. The van der Waals surface area contributed by atoms with E-state index in [-0.39, 0.29) is 5.91 Å². The van der Waals surface area contributed by atoms with Crippen LogP contribution in [0.1, 0.15) is 37.8 Å². The fourth-order valence-corrected chi connectivity index (χ4v) is 2.77. The maximum atomic E-state index is 12.4. The molecule has 140 valence electrons. The lowest BCUT2D eigenvalue weighted by Gasteiger charge is -2.21. The predicted octanol–water partition coefficient (Wildman–Crippen LogP) is 4.14. The number of likely N-dealkylation sites (N-methyl/N-ethyl adjacent to an activating group) is 1. The first kappa shape index (κ1) is 19.8. The quantitative estimate of drug-likeness (QED) is 0.775. The van der Waals surface area contributed by atoms with E-state index in [4.69, 9.17) is 4.74 Å². The number of benzene rings is 2. The van der Waals surface area contributed by atoms with E-state index in [9.17, 15) is 4.79 Å². The van der Waals surface area contributed by atoms with Gasteiger partial charge in [0.05, 0.1) is 0 Å². The molecular formula is C22H30N2O2. The number of nitrogens with zero attached hydrogens (tertiary/aromatic N) is 1. The minimum atomic E-state index is -0.531. The van der Waals surface area contributed by atoms with Crippen LogP contribution in [0.15, 0.2) is 48.5 Å². The summed E-state index contributed by atoms with van der Waals surface area (Å²) in [6, 6.07) is 16.3. The zero-order chi connectivity index (χ0) is 19.1. The maximum absolute atomic E-state index is 12.4. The van der Waals surface area contributed by atoms with Gasteiger partial charge in [-0.3, -0.25) is 4.79 Å². The third-order valence-electron chi connectivity index (χ3n) is 4.41. The van der Waals surface area contributed by atoms with Crippen LogP contribution in [0.25, 0.3) is 0 Å². The number of ether oxygens (including phenoxy) is 1. The highest BCUT2D eigenvalue weighted by Crippen LogP contribution is 2.28. The Kier molecular flexibility index (Phi) is 7.07. The molecule has 0 spiro atoms. The Bertz CT molecular complexity index is 713. The molecule has 2 aromatic carbocycles. The van der Waals surface area contributed by atoms with Crippen LogP contribution >= 0.6 is 0 Å². The zero-order valence-corrected chi connectivity index (χ0v) is 16.5. The topological polar surface area (TPSA) is 41.6 Å². The molecule has 0 fully saturated rings. The number of hydrogen-bond donors (Lipinski definition) is 1. The Balaban J connectivity index is 1.87. The highest BCUT2D eigenvalue weighted by Gasteiger charge is 2.17. The van der Waals surface area contributed by atoms with Gasteiger partial charge in [-0.2, -0.15) is 0 Å². The number of carbonyl (C=O) groups is 1. The first-order valence-corrected chi connectivity index (χ1v) is 9.19. The highest BCUT2D eigenvalue weighted by molar-refractivity contribution is 5.80. The van der Waals surface area contributed by atoms with E-state index in [2.05, 4.69) is 48.3 Å². The Labute approximate surface area is 157 Å². The summed E-state index contributed by atoms with van der Waals surface area (Å²) in [6.07, 6.45) is -0.531.